The number of hydrogen-bond acceptors (Lipinski definition) is 2. The van der Waals surface area contributed by atoms with Crippen molar-refractivity contribution in [3.8, 4) is 5.75 Å². The van der Waals surface area contributed by atoms with Crippen LogP contribution >= 0.6 is 11.8 Å². The van der Waals surface area contributed by atoms with Crippen molar-refractivity contribution < 1.29 is 4.74 Å². The average molecular weight is 252 g/mol. The average Bonchev–Trinajstić information content (AvgIpc) is 2.20. The lowest BCUT2D eigenvalue weighted by Gasteiger charge is -2.15. The Morgan fingerprint density at radius 1 is 1.06 bits per heavy atom. The molecule has 0 unspecified atom stereocenters. The van der Waals surface area contributed by atoms with Crippen LogP contribution in [0.3, 0.4) is 0 Å². The highest BCUT2D eigenvalue weighted by Gasteiger charge is 2.08. The van der Waals surface area contributed by atoms with E-state index in [0.29, 0.717) is 11.2 Å². The number of thioether (sulfide) groups is 1. The number of hydrogen-bond donors (Lipinski definition) is 0. The largest absolute Gasteiger partial charge is 0.493 e. The Bertz CT molecular complexity index is 346. The second-order valence-corrected chi connectivity index (χ2v) is 6.84. The van der Waals surface area contributed by atoms with Gasteiger partial charge in [-0.1, -0.05) is 27.7 Å². The lowest BCUT2D eigenvalue weighted by molar-refractivity contribution is 0.270. The van der Waals surface area contributed by atoms with Crippen molar-refractivity contribution in [3.05, 3.63) is 23.3 Å². The van der Waals surface area contributed by atoms with E-state index in [0.717, 1.165) is 12.4 Å². The van der Waals surface area contributed by atoms with Gasteiger partial charge < -0.3 is 4.74 Å². The summed E-state index contributed by atoms with van der Waals surface area (Å²) >= 11 is 1.93. The molecule has 0 aliphatic heterocycles. The van der Waals surface area contributed by atoms with E-state index in [2.05, 4.69) is 53.7 Å². The predicted molar refractivity (Wildman–Crippen MR) is 77.2 cm³/mol. The first-order valence-corrected chi connectivity index (χ1v) is 7.18. The van der Waals surface area contributed by atoms with Crippen molar-refractivity contribution in [3.63, 3.8) is 0 Å². The molecular formula is C15H24OS. The van der Waals surface area contributed by atoms with Gasteiger partial charge >= 0.3 is 0 Å². The molecule has 1 aromatic rings. The second-order valence-electron chi connectivity index (χ2n) is 5.26. The first kappa shape index (κ1) is 14.4. The van der Waals surface area contributed by atoms with Crippen molar-refractivity contribution in [2.24, 2.45) is 5.92 Å². The molecule has 0 heterocycles. The third-order valence-electron chi connectivity index (χ3n) is 2.37. The fourth-order valence-electron chi connectivity index (χ4n) is 1.68. The Morgan fingerprint density at radius 3 is 2.00 bits per heavy atom. The molecule has 0 aliphatic rings. The van der Waals surface area contributed by atoms with Gasteiger partial charge in [0.05, 0.1) is 6.61 Å². The van der Waals surface area contributed by atoms with E-state index in [1.54, 1.807) is 0 Å². The summed E-state index contributed by atoms with van der Waals surface area (Å²) in [5.74, 6) is 1.57. The molecule has 0 saturated heterocycles. The highest BCUT2D eigenvalue weighted by atomic mass is 32.2. The van der Waals surface area contributed by atoms with Crippen molar-refractivity contribution >= 4 is 11.8 Å². The molecule has 1 nitrogen and oxygen atoms in total. The molecule has 96 valence electrons. The van der Waals surface area contributed by atoms with Crippen LogP contribution in [0.1, 0.15) is 38.8 Å². The van der Waals surface area contributed by atoms with Crippen LogP contribution < -0.4 is 4.74 Å². The molecule has 2 heteroatoms. The summed E-state index contributed by atoms with van der Waals surface area (Å²) in [5, 5.41) is 0.620. The van der Waals surface area contributed by atoms with Gasteiger partial charge in [-0.15, -0.1) is 11.8 Å². The Labute approximate surface area is 110 Å². The monoisotopic (exact) mass is 252 g/mol. The minimum atomic E-state index is 0.570. The number of aryl methyl sites for hydroxylation is 2. The van der Waals surface area contributed by atoms with Gasteiger partial charge in [-0.05, 0) is 43.0 Å². The maximum atomic E-state index is 5.78. The van der Waals surface area contributed by atoms with E-state index in [1.807, 2.05) is 11.8 Å². The number of benzene rings is 1. The van der Waals surface area contributed by atoms with E-state index in [9.17, 15) is 0 Å². The van der Waals surface area contributed by atoms with Gasteiger partial charge in [0.2, 0.25) is 0 Å². The van der Waals surface area contributed by atoms with Gasteiger partial charge in [0, 0.05) is 10.1 Å². The Balaban J connectivity index is 2.85. The number of ether oxygens (including phenoxy) is 1. The SMILES string of the molecule is Cc1cc(OCC(C)C)cc(C)c1SC(C)C. The van der Waals surface area contributed by atoms with Crippen LogP contribution in [0, 0.1) is 19.8 Å². The fourth-order valence-corrected chi connectivity index (χ4v) is 2.64. The van der Waals surface area contributed by atoms with Gasteiger partial charge in [-0.25, -0.2) is 0 Å². The summed E-state index contributed by atoms with van der Waals surface area (Å²) in [6.07, 6.45) is 0. The lowest BCUT2D eigenvalue weighted by atomic mass is 10.1. The molecule has 0 fully saturated rings. The molecule has 1 aromatic carbocycles. The summed E-state index contributed by atoms with van der Waals surface area (Å²) in [6.45, 7) is 13.9. The molecule has 0 aliphatic carbocycles. The Kier molecular flexibility index (Phi) is 5.38. The molecule has 0 amide bonds. The summed E-state index contributed by atoms with van der Waals surface area (Å²) in [4.78, 5) is 1.40. The lowest BCUT2D eigenvalue weighted by Crippen LogP contribution is -2.05. The van der Waals surface area contributed by atoms with E-state index in [-0.39, 0.29) is 0 Å². The molecule has 0 saturated carbocycles. The zero-order chi connectivity index (χ0) is 13.0. The summed E-state index contributed by atoms with van der Waals surface area (Å²) < 4.78 is 5.78. The second kappa shape index (κ2) is 6.34. The van der Waals surface area contributed by atoms with Crippen molar-refractivity contribution in [1.29, 1.82) is 0 Å². The van der Waals surface area contributed by atoms with E-state index < -0.39 is 0 Å². The third kappa shape index (κ3) is 4.63. The van der Waals surface area contributed by atoms with Crippen LogP contribution in [-0.4, -0.2) is 11.9 Å². The van der Waals surface area contributed by atoms with Crippen LogP contribution in [0.4, 0.5) is 0 Å². The van der Waals surface area contributed by atoms with E-state index >= 15 is 0 Å². The zero-order valence-corrected chi connectivity index (χ0v) is 12.6. The third-order valence-corrected chi connectivity index (χ3v) is 3.72. The molecule has 0 spiro atoms. The maximum absolute atomic E-state index is 5.78. The maximum Gasteiger partial charge on any atom is 0.119 e. The normalized spacial score (nSPS) is 11.3. The van der Waals surface area contributed by atoms with Gasteiger partial charge in [0.15, 0.2) is 0 Å². The Hall–Kier alpha value is -0.630. The van der Waals surface area contributed by atoms with E-state index in [1.165, 1.54) is 16.0 Å². The Morgan fingerprint density at radius 2 is 1.59 bits per heavy atom. The molecule has 1 rings (SSSR count). The first-order valence-electron chi connectivity index (χ1n) is 6.30. The smallest absolute Gasteiger partial charge is 0.119 e. The highest BCUT2D eigenvalue weighted by molar-refractivity contribution is 8.00. The summed E-state index contributed by atoms with van der Waals surface area (Å²) in [7, 11) is 0. The summed E-state index contributed by atoms with van der Waals surface area (Å²) in [5.41, 5.74) is 2.64. The molecule has 0 N–H and O–H groups in total. The van der Waals surface area contributed by atoms with Crippen molar-refractivity contribution in [2.75, 3.05) is 6.61 Å². The van der Waals surface area contributed by atoms with Gasteiger partial charge in [-0.2, -0.15) is 0 Å². The fraction of sp³-hybridized carbons (Fsp3) is 0.600. The molecule has 0 aromatic heterocycles. The quantitative estimate of drug-likeness (QED) is 0.694. The molecule has 0 radical (unpaired) electrons. The number of rotatable bonds is 5. The molecular weight excluding hydrogens is 228 g/mol. The molecule has 17 heavy (non-hydrogen) atoms. The minimum absolute atomic E-state index is 0.570. The van der Waals surface area contributed by atoms with Crippen LogP contribution in [0.5, 0.6) is 5.75 Å². The van der Waals surface area contributed by atoms with Crippen LogP contribution in [-0.2, 0) is 0 Å². The predicted octanol–water partition coefficient (Wildman–Crippen LogP) is 4.84. The van der Waals surface area contributed by atoms with Crippen molar-refractivity contribution in [1.82, 2.24) is 0 Å². The minimum Gasteiger partial charge on any atom is -0.493 e. The van der Waals surface area contributed by atoms with Crippen LogP contribution in [0.2, 0.25) is 0 Å². The topological polar surface area (TPSA) is 9.23 Å². The van der Waals surface area contributed by atoms with Gasteiger partial charge in [-0.3, -0.25) is 0 Å². The highest BCUT2D eigenvalue weighted by Crippen LogP contribution is 2.32. The zero-order valence-electron chi connectivity index (χ0n) is 11.8. The summed E-state index contributed by atoms with van der Waals surface area (Å²) in [6, 6.07) is 4.31. The van der Waals surface area contributed by atoms with Gasteiger partial charge in [0.1, 0.15) is 5.75 Å². The van der Waals surface area contributed by atoms with Crippen LogP contribution in [0.25, 0.3) is 0 Å². The molecule has 0 bridgehead atoms. The van der Waals surface area contributed by atoms with E-state index in [4.69, 9.17) is 4.74 Å². The molecule has 0 atom stereocenters. The van der Waals surface area contributed by atoms with Gasteiger partial charge in [0.25, 0.3) is 0 Å². The first-order chi connectivity index (χ1) is 7.90. The van der Waals surface area contributed by atoms with Crippen LogP contribution in [0.15, 0.2) is 17.0 Å². The standard InChI is InChI=1S/C15H24OS/c1-10(2)9-16-14-7-12(5)15(13(6)8-14)17-11(3)4/h7-8,10-11H,9H2,1-6H3. The van der Waals surface area contributed by atoms with Crippen molar-refractivity contribution in [2.45, 2.75) is 51.7 Å².